The molecule has 1 aliphatic heterocycles. The molecule has 22 heavy (non-hydrogen) atoms. The van der Waals surface area contributed by atoms with Crippen LogP contribution in [-0.2, 0) is 4.79 Å². The minimum absolute atomic E-state index is 0.205. The fraction of sp³-hybridized carbons (Fsp3) is 0. The molecule has 1 aromatic heterocycles. The molecule has 1 fully saturated rings. The van der Waals surface area contributed by atoms with Crippen LogP contribution in [0.1, 0.15) is 16.1 Å². The van der Waals surface area contributed by atoms with Crippen molar-refractivity contribution in [1.29, 1.82) is 0 Å². The van der Waals surface area contributed by atoms with Crippen molar-refractivity contribution in [3.05, 3.63) is 58.8 Å². The number of amides is 1. The molecule has 2 heterocycles. The first-order valence-electron chi connectivity index (χ1n) is 6.30. The van der Waals surface area contributed by atoms with E-state index in [0.717, 1.165) is 11.4 Å². The van der Waals surface area contributed by atoms with Crippen molar-refractivity contribution in [1.82, 2.24) is 9.88 Å². The zero-order valence-corrected chi connectivity index (χ0v) is 12.8. The normalized spacial score (nSPS) is 16.1. The van der Waals surface area contributed by atoms with Crippen LogP contribution in [0.25, 0.3) is 11.8 Å². The van der Waals surface area contributed by atoms with Crippen molar-refractivity contribution in [2.75, 3.05) is 0 Å². The minimum atomic E-state index is -0.964. The quantitative estimate of drug-likeness (QED) is 0.669. The van der Waals surface area contributed by atoms with Gasteiger partial charge in [0.25, 0.3) is 5.91 Å². The van der Waals surface area contributed by atoms with Gasteiger partial charge in [-0.3, -0.25) is 4.79 Å². The van der Waals surface area contributed by atoms with E-state index < -0.39 is 5.97 Å². The van der Waals surface area contributed by atoms with E-state index in [1.807, 2.05) is 22.9 Å². The first kappa shape index (κ1) is 14.6. The second-order valence-electron chi connectivity index (χ2n) is 4.51. The standard InChI is InChI=1S/C15H10N2O3S2/c18-13-12(22-15(21)16-13)8-11-2-1-7-17(11)10-5-3-9(4-6-10)14(19)20/h1-8H,(H,19,20)(H,16,18,21)/b12-8-. The smallest absolute Gasteiger partial charge is 0.335 e. The molecule has 0 spiro atoms. The topological polar surface area (TPSA) is 71.3 Å². The van der Waals surface area contributed by atoms with Crippen LogP contribution < -0.4 is 5.32 Å². The van der Waals surface area contributed by atoms with Crippen molar-refractivity contribution in [2.45, 2.75) is 0 Å². The van der Waals surface area contributed by atoms with Gasteiger partial charge in [0.2, 0.25) is 0 Å². The van der Waals surface area contributed by atoms with Gasteiger partial charge in [0, 0.05) is 17.6 Å². The molecule has 0 unspecified atom stereocenters. The van der Waals surface area contributed by atoms with Crippen LogP contribution in [0.3, 0.4) is 0 Å². The van der Waals surface area contributed by atoms with E-state index in [1.54, 1.807) is 30.3 Å². The molecule has 0 radical (unpaired) electrons. The predicted octanol–water partition coefficient (Wildman–Crippen LogP) is 2.66. The van der Waals surface area contributed by atoms with Crippen LogP contribution in [0.2, 0.25) is 0 Å². The van der Waals surface area contributed by atoms with E-state index in [-0.39, 0.29) is 11.5 Å². The van der Waals surface area contributed by atoms with E-state index in [4.69, 9.17) is 17.3 Å². The lowest BCUT2D eigenvalue weighted by Gasteiger charge is -2.07. The third kappa shape index (κ3) is 2.81. The van der Waals surface area contributed by atoms with Gasteiger partial charge in [-0.2, -0.15) is 0 Å². The van der Waals surface area contributed by atoms with E-state index in [9.17, 15) is 9.59 Å². The Morgan fingerprint density at radius 1 is 1.27 bits per heavy atom. The number of carboxylic acids is 1. The molecule has 0 atom stereocenters. The van der Waals surface area contributed by atoms with Crippen LogP contribution in [0.15, 0.2) is 47.5 Å². The molecule has 2 aromatic rings. The third-order valence-corrected chi connectivity index (χ3v) is 4.26. The Bertz CT molecular complexity index is 806. The summed E-state index contributed by atoms with van der Waals surface area (Å²) in [5, 5.41) is 11.5. The van der Waals surface area contributed by atoms with E-state index >= 15 is 0 Å². The fourth-order valence-corrected chi connectivity index (χ4v) is 3.10. The highest BCUT2D eigenvalue weighted by molar-refractivity contribution is 8.26. The van der Waals surface area contributed by atoms with Crippen LogP contribution in [-0.4, -0.2) is 25.9 Å². The van der Waals surface area contributed by atoms with Crippen LogP contribution in [0.4, 0.5) is 0 Å². The molecule has 0 aliphatic carbocycles. The summed E-state index contributed by atoms with van der Waals surface area (Å²) in [5.41, 5.74) is 1.85. The number of benzene rings is 1. The Morgan fingerprint density at radius 3 is 2.59 bits per heavy atom. The van der Waals surface area contributed by atoms with Gasteiger partial charge < -0.3 is 15.0 Å². The number of carboxylic acid groups (broad SMARTS) is 1. The number of aromatic nitrogens is 1. The monoisotopic (exact) mass is 330 g/mol. The molecule has 1 aromatic carbocycles. The van der Waals surface area contributed by atoms with Crippen LogP contribution in [0, 0.1) is 0 Å². The van der Waals surface area contributed by atoms with Gasteiger partial charge in [-0.05, 0) is 42.5 Å². The van der Waals surface area contributed by atoms with Gasteiger partial charge in [0.05, 0.1) is 10.5 Å². The number of aromatic carboxylic acids is 1. The molecule has 1 aliphatic rings. The van der Waals surface area contributed by atoms with Gasteiger partial charge in [-0.15, -0.1) is 0 Å². The second kappa shape index (κ2) is 5.78. The summed E-state index contributed by atoms with van der Waals surface area (Å²) >= 11 is 6.18. The molecule has 7 heteroatoms. The second-order valence-corrected chi connectivity index (χ2v) is 6.23. The number of hydrogen-bond donors (Lipinski definition) is 2. The summed E-state index contributed by atoms with van der Waals surface area (Å²) in [6.07, 6.45) is 3.60. The molecule has 2 N–H and O–H groups in total. The summed E-state index contributed by atoms with van der Waals surface area (Å²) < 4.78 is 2.31. The molecule has 3 rings (SSSR count). The van der Waals surface area contributed by atoms with E-state index in [0.29, 0.717) is 9.23 Å². The van der Waals surface area contributed by atoms with Crippen molar-refractivity contribution < 1.29 is 14.7 Å². The SMILES string of the molecule is O=C1NC(=S)S/C1=C\c1cccn1-c1ccc(C(=O)O)cc1. The molecule has 110 valence electrons. The van der Waals surface area contributed by atoms with Crippen molar-refractivity contribution in [3.63, 3.8) is 0 Å². The first-order valence-corrected chi connectivity index (χ1v) is 7.53. The van der Waals surface area contributed by atoms with Gasteiger partial charge in [-0.25, -0.2) is 4.79 Å². The maximum atomic E-state index is 11.7. The molecule has 1 amide bonds. The average Bonchev–Trinajstić information content (AvgIpc) is 3.06. The fourth-order valence-electron chi connectivity index (χ4n) is 2.07. The number of nitrogens with one attached hydrogen (secondary N) is 1. The molecule has 5 nitrogen and oxygen atoms in total. The number of nitrogens with zero attached hydrogens (tertiary/aromatic N) is 1. The Balaban J connectivity index is 1.95. The average molecular weight is 330 g/mol. The predicted molar refractivity (Wildman–Crippen MR) is 89.0 cm³/mol. The van der Waals surface area contributed by atoms with Crippen molar-refractivity contribution >= 4 is 46.3 Å². The first-order chi connectivity index (χ1) is 10.5. The number of carbonyl (C=O) groups is 2. The van der Waals surface area contributed by atoms with Gasteiger partial charge in [0.15, 0.2) is 0 Å². The Labute approximate surface area is 135 Å². The molecule has 0 bridgehead atoms. The maximum Gasteiger partial charge on any atom is 0.335 e. The lowest BCUT2D eigenvalue weighted by molar-refractivity contribution is -0.115. The summed E-state index contributed by atoms with van der Waals surface area (Å²) in [4.78, 5) is 23.1. The van der Waals surface area contributed by atoms with E-state index in [2.05, 4.69) is 5.32 Å². The van der Waals surface area contributed by atoms with Gasteiger partial charge in [0.1, 0.15) is 4.32 Å². The highest BCUT2D eigenvalue weighted by atomic mass is 32.2. The highest BCUT2D eigenvalue weighted by Gasteiger charge is 2.22. The zero-order chi connectivity index (χ0) is 15.7. The lowest BCUT2D eigenvalue weighted by Crippen LogP contribution is -2.17. The number of rotatable bonds is 3. The molecular weight excluding hydrogens is 320 g/mol. The summed E-state index contributed by atoms with van der Waals surface area (Å²) in [6, 6.07) is 10.2. The molecule has 1 saturated heterocycles. The maximum absolute atomic E-state index is 11.7. The van der Waals surface area contributed by atoms with Crippen LogP contribution in [0.5, 0.6) is 0 Å². The zero-order valence-electron chi connectivity index (χ0n) is 11.1. The summed E-state index contributed by atoms with van der Waals surface area (Å²) in [6.45, 7) is 0. The summed E-state index contributed by atoms with van der Waals surface area (Å²) in [5.74, 6) is -1.17. The lowest BCUT2D eigenvalue weighted by atomic mass is 10.2. The Morgan fingerprint density at radius 2 is 2.00 bits per heavy atom. The number of hydrogen-bond acceptors (Lipinski definition) is 4. The van der Waals surface area contributed by atoms with Crippen LogP contribution >= 0.6 is 24.0 Å². The summed E-state index contributed by atoms with van der Waals surface area (Å²) in [7, 11) is 0. The number of carbonyl (C=O) groups excluding carboxylic acids is 1. The Kier molecular flexibility index (Phi) is 3.82. The van der Waals surface area contributed by atoms with Crippen molar-refractivity contribution in [3.8, 4) is 5.69 Å². The Hall–Kier alpha value is -2.38. The minimum Gasteiger partial charge on any atom is -0.478 e. The van der Waals surface area contributed by atoms with E-state index in [1.165, 1.54) is 11.8 Å². The highest BCUT2D eigenvalue weighted by Crippen LogP contribution is 2.26. The third-order valence-electron chi connectivity index (χ3n) is 3.09. The van der Waals surface area contributed by atoms with Gasteiger partial charge in [-0.1, -0.05) is 24.0 Å². The van der Waals surface area contributed by atoms with Crippen molar-refractivity contribution in [2.24, 2.45) is 0 Å². The molecule has 0 saturated carbocycles. The number of thiocarbonyl (C=S) groups is 1. The number of thioether (sulfide) groups is 1. The van der Waals surface area contributed by atoms with Gasteiger partial charge >= 0.3 is 5.97 Å². The molecular formula is C15H10N2O3S2. The largest absolute Gasteiger partial charge is 0.478 e.